The maximum atomic E-state index is 9.44. The zero-order valence-electron chi connectivity index (χ0n) is 13.0. The van der Waals surface area contributed by atoms with E-state index in [1.807, 2.05) is 30.6 Å². The molecule has 0 unspecified atom stereocenters. The number of fused-ring (bicyclic) bond motifs is 1. The van der Waals surface area contributed by atoms with Crippen molar-refractivity contribution in [2.75, 3.05) is 24.6 Å². The van der Waals surface area contributed by atoms with Gasteiger partial charge in [-0.3, -0.25) is 0 Å². The van der Waals surface area contributed by atoms with E-state index in [-0.39, 0.29) is 6.61 Å². The minimum atomic E-state index is 0.114. The molecule has 6 heteroatoms. The highest BCUT2D eigenvalue weighted by Gasteiger charge is 2.26. The molecule has 1 aromatic carbocycles. The first-order valence-electron chi connectivity index (χ1n) is 8.17. The number of rotatable bonds is 4. The number of piperidine rings is 1. The smallest absolute Gasteiger partial charge is 0.206 e. The molecule has 1 fully saturated rings. The van der Waals surface area contributed by atoms with Crippen LogP contribution in [0, 0.1) is 0 Å². The summed E-state index contributed by atoms with van der Waals surface area (Å²) < 4.78 is 2.12. The average Bonchev–Trinajstić information content (AvgIpc) is 3.24. The zero-order valence-corrected chi connectivity index (χ0v) is 13.0. The topological polar surface area (TPSA) is 70.0 Å². The summed E-state index contributed by atoms with van der Waals surface area (Å²) in [5.41, 5.74) is 2.06. The molecule has 0 aliphatic carbocycles. The normalized spacial score (nSPS) is 18.7. The third-order valence-electron chi connectivity index (χ3n) is 4.57. The highest BCUT2D eigenvalue weighted by molar-refractivity contribution is 5.78. The van der Waals surface area contributed by atoms with Gasteiger partial charge in [-0.15, -0.1) is 0 Å². The Labute approximate surface area is 134 Å². The number of aliphatic hydroxyl groups is 1. The zero-order chi connectivity index (χ0) is 15.6. The third-order valence-corrected chi connectivity index (χ3v) is 4.57. The van der Waals surface area contributed by atoms with Crippen LogP contribution in [-0.2, 0) is 6.54 Å². The van der Waals surface area contributed by atoms with Crippen molar-refractivity contribution in [1.82, 2.24) is 19.5 Å². The van der Waals surface area contributed by atoms with Gasteiger partial charge in [0.1, 0.15) is 5.82 Å². The Morgan fingerprint density at radius 1 is 1.30 bits per heavy atom. The van der Waals surface area contributed by atoms with Gasteiger partial charge in [0.05, 0.1) is 17.6 Å². The molecule has 1 aliphatic rings. The van der Waals surface area contributed by atoms with Gasteiger partial charge in [-0.05, 0) is 25.0 Å². The molecule has 0 saturated carbocycles. The molecule has 0 spiro atoms. The van der Waals surface area contributed by atoms with Crippen LogP contribution in [-0.4, -0.2) is 44.3 Å². The van der Waals surface area contributed by atoms with E-state index < -0.39 is 0 Å². The summed E-state index contributed by atoms with van der Waals surface area (Å²) in [5.74, 6) is 2.41. The molecule has 23 heavy (non-hydrogen) atoms. The first-order valence-corrected chi connectivity index (χ1v) is 8.17. The van der Waals surface area contributed by atoms with Crippen LogP contribution in [0.5, 0.6) is 0 Å². The maximum absolute atomic E-state index is 9.44. The minimum absolute atomic E-state index is 0.114. The fourth-order valence-electron chi connectivity index (χ4n) is 3.51. The van der Waals surface area contributed by atoms with Gasteiger partial charge in [-0.25, -0.2) is 9.97 Å². The molecule has 3 heterocycles. The van der Waals surface area contributed by atoms with Crippen LogP contribution < -0.4 is 4.90 Å². The van der Waals surface area contributed by atoms with Crippen molar-refractivity contribution in [3.63, 3.8) is 0 Å². The molecule has 2 N–H and O–H groups in total. The van der Waals surface area contributed by atoms with Gasteiger partial charge in [0.2, 0.25) is 5.95 Å². The van der Waals surface area contributed by atoms with Gasteiger partial charge in [0.15, 0.2) is 0 Å². The van der Waals surface area contributed by atoms with Crippen molar-refractivity contribution in [1.29, 1.82) is 0 Å². The lowest BCUT2D eigenvalue weighted by Crippen LogP contribution is -2.36. The Morgan fingerprint density at radius 3 is 3.04 bits per heavy atom. The minimum Gasteiger partial charge on any atom is -0.395 e. The Balaban J connectivity index is 1.69. The lowest BCUT2D eigenvalue weighted by Gasteiger charge is -2.33. The Morgan fingerprint density at radius 2 is 2.22 bits per heavy atom. The van der Waals surface area contributed by atoms with E-state index >= 15 is 0 Å². The van der Waals surface area contributed by atoms with E-state index in [2.05, 4.69) is 25.5 Å². The van der Waals surface area contributed by atoms with Crippen molar-refractivity contribution in [2.45, 2.75) is 25.3 Å². The number of aromatic amines is 1. The maximum Gasteiger partial charge on any atom is 0.206 e. The van der Waals surface area contributed by atoms with Crippen LogP contribution in [0.2, 0.25) is 0 Å². The van der Waals surface area contributed by atoms with Crippen molar-refractivity contribution < 1.29 is 5.11 Å². The number of anilines is 1. The first-order chi connectivity index (χ1) is 11.4. The third kappa shape index (κ3) is 2.59. The Hall–Kier alpha value is -2.34. The summed E-state index contributed by atoms with van der Waals surface area (Å²) in [6, 6.07) is 8.11. The predicted molar refractivity (Wildman–Crippen MR) is 89.6 cm³/mol. The molecule has 120 valence electrons. The molecule has 0 amide bonds. The highest BCUT2D eigenvalue weighted by atomic mass is 16.3. The molecule has 1 aliphatic heterocycles. The fourth-order valence-corrected chi connectivity index (χ4v) is 3.51. The Bertz CT molecular complexity index is 779. The number of nitrogens with one attached hydrogen (secondary N) is 1. The van der Waals surface area contributed by atoms with Crippen LogP contribution in [0.3, 0.4) is 0 Å². The highest BCUT2D eigenvalue weighted by Crippen LogP contribution is 2.30. The van der Waals surface area contributed by atoms with Crippen molar-refractivity contribution in [3.8, 4) is 0 Å². The van der Waals surface area contributed by atoms with Gasteiger partial charge in [-0.2, -0.15) is 0 Å². The van der Waals surface area contributed by atoms with Gasteiger partial charge in [0, 0.05) is 37.9 Å². The predicted octanol–water partition coefficient (Wildman–Crippen LogP) is 2.14. The second-order valence-corrected chi connectivity index (χ2v) is 6.04. The van der Waals surface area contributed by atoms with Crippen LogP contribution in [0.25, 0.3) is 11.0 Å². The summed E-state index contributed by atoms with van der Waals surface area (Å²) in [6.45, 7) is 2.58. The number of nitrogens with zero attached hydrogens (tertiary/aromatic N) is 4. The Kier molecular flexibility index (Phi) is 3.75. The summed E-state index contributed by atoms with van der Waals surface area (Å²) in [7, 11) is 0. The molecule has 0 radical (unpaired) electrons. The number of benzene rings is 1. The van der Waals surface area contributed by atoms with E-state index in [1.54, 1.807) is 0 Å². The average molecular weight is 311 g/mol. The quantitative estimate of drug-likeness (QED) is 0.774. The molecular weight excluding hydrogens is 290 g/mol. The number of para-hydroxylation sites is 2. The SMILES string of the molecule is OCCn1c(N2CCC[C@H](c3ncc[nH]3)C2)nc2ccccc21. The summed E-state index contributed by atoms with van der Waals surface area (Å²) >= 11 is 0. The first kappa shape index (κ1) is 14.3. The second-order valence-electron chi connectivity index (χ2n) is 6.04. The van der Waals surface area contributed by atoms with Crippen LogP contribution in [0.1, 0.15) is 24.6 Å². The molecule has 2 aromatic heterocycles. The van der Waals surface area contributed by atoms with Crippen molar-refractivity contribution in [3.05, 3.63) is 42.5 Å². The largest absolute Gasteiger partial charge is 0.395 e. The molecule has 6 nitrogen and oxygen atoms in total. The van der Waals surface area contributed by atoms with Crippen molar-refractivity contribution in [2.24, 2.45) is 0 Å². The van der Waals surface area contributed by atoms with Gasteiger partial charge < -0.3 is 19.6 Å². The molecule has 0 bridgehead atoms. The molecule has 1 atom stereocenters. The van der Waals surface area contributed by atoms with Gasteiger partial charge >= 0.3 is 0 Å². The lowest BCUT2D eigenvalue weighted by atomic mass is 9.98. The number of hydrogen-bond donors (Lipinski definition) is 2. The number of hydrogen-bond acceptors (Lipinski definition) is 4. The molecule has 1 saturated heterocycles. The number of aliphatic hydroxyl groups excluding tert-OH is 1. The van der Waals surface area contributed by atoms with Crippen LogP contribution in [0.15, 0.2) is 36.7 Å². The van der Waals surface area contributed by atoms with Gasteiger partial charge in [0.25, 0.3) is 0 Å². The molecular formula is C17H21N5O. The van der Waals surface area contributed by atoms with Crippen molar-refractivity contribution >= 4 is 17.0 Å². The monoisotopic (exact) mass is 311 g/mol. The lowest BCUT2D eigenvalue weighted by molar-refractivity contribution is 0.277. The van der Waals surface area contributed by atoms with E-state index in [0.29, 0.717) is 12.5 Å². The summed E-state index contributed by atoms with van der Waals surface area (Å²) in [5, 5.41) is 9.44. The van der Waals surface area contributed by atoms with E-state index in [0.717, 1.165) is 48.7 Å². The number of imidazole rings is 2. The molecule has 4 rings (SSSR count). The van der Waals surface area contributed by atoms with Gasteiger partial charge in [-0.1, -0.05) is 12.1 Å². The van der Waals surface area contributed by atoms with E-state index in [9.17, 15) is 5.11 Å². The summed E-state index contributed by atoms with van der Waals surface area (Å²) in [4.78, 5) is 14.8. The molecule has 3 aromatic rings. The number of H-pyrrole nitrogens is 1. The summed E-state index contributed by atoms with van der Waals surface area (Å²) in [6.07, 6.45) is 5.96. The standard InChI is InChI=1S/C17H21N5O/c23-11-10-22-15-6-2-1-5-14(15)20-17(22)21-9-3-4-13(12-21)16-18-7-8-19-16/h1-2,5-8,13,23H,3-4,9-12H2,(H,18,19)/t13-/m0/s1. The van der Waals surface area contributed by atoms with E-state index in [1.165, 1.54) is 0 Å². The van der Waals surface area contributed by atoms with E-state index in [4.69, 9.17) is 4.98 Å². The number of aromatic nitrogens is 4. The van der Waals surface area contributed by atoms with Crippen LogP contribution >= 0.6 is 0 Å². The second kappa shape index (κ2) is 6.04. The fraction of sp³-hybridized carbons (Fsp3) is 0.412. The van der Waals surface area contributed by atoms with Crippen LogP contribution in [0.4, 0.5) is 5.95 Å².